The standard InChI is InChI=1S/C18H34N2/c1-2-12-19-17(15-16-8-9-16)18(10-4-5-11-18)20-13-6-3-7-14-20/h16-17,19H,2-15H2,1H3. The van der Waals surface area contributed by atoms with Crippen molar-refractivity contribution in [2.24, 2.45) is 5.92 Å². The number of nitrogens with zero attached hydrogens (tertiary/aromatic N) is 1. The largest absolute Gasteiger partial charge is 0.312 e. The average Bonchev–Trinajstić information content (AvgIpc) is 3.18. The highest BCUT2D eigenvalue weighted by molar-refractivity contribution is 5.05. The van der Waals surface area contributed by atoms with E-state index in [-0.39, 0.29) is 0 Å². The Morgan fingerprint density at radius 2 is 1.75 bits per heavy atom. The van der Waals surface area contributed by atoms with Crippen molar-refractivity contribution in [1.29, 1.82) is 0 Å². The van der Waals surface area contributed by atoms with Gasteiger partial charge in [-0.3, -0.25) is 4.90 Å². The summed E-state index contributed by atoms with van der Waals surface area (Å²) in [7, 11) is 0. The summed E-state index contributed by atoms with van der Waals surface area (Å²) in [5.41, 5.74) is 0.526. The summed E-state index contributed by atoms with van der Waals surface area (Å²) in [5.74, 6) is 1.05. The molecular formula is C18H34N2. The Kier molecular flexibility index (Phi) is 5.04. The fraction of sp³-hybridized carbons (Fsp3) is 1.00. The molecule has 1 atom stereocenters. The molecule has 0 spiro atoms. The third-order valence-electron chi connectivity index (χ3n) is 6.01. The van der Waals surface area contributed by atoms with Gasteiger partial charge in [0.15, 0.2) is 0 Å². The van der Waals surface area contributed by atoms with Gasteiger partial charge in [0.25, 0.3) is 0 Å². The minimum atomic E-state index is 0.526. The second-order valence-electron chi connectivity index (χ2n) is 7.54. The van der Waals surface area contributed by atoms with Crippen LogP contribution in [0.4, 0.5) is 0 Å². The van der Waals surface area contributed by atoms with E-state index in [2.05, 4.69) is 17.1 Å². The van der Waals surface area contributed by atoms with Crippen molar-refractivity contribution in [3.63, 3.8) is 0 Å². The SMILES string of the molecule is CCCNC(CC1CC1)C1(N2CCCCC2)CCCC1. The molecular weight excluding hydrogens is 244 g/mol. The Morgan fingerprint density at radius 3 is 2.35 bits per heavy atom. The summed E-state index contributed by atoms with van der Waals surface area (Å²) in [6, 6.07) is 0.774. The molecule has 3 fully saturated rings. The minimum Gasteiger partial charge on any atom is -0.312 e. The molecule has 1 heterocycles. The van der Waals surface area contributed by atoms with Gasteiger partial charge >= 0.3 is 0 Å². The number of rotatable bonds is 7. The van der Waals surface area contributed by atoms with E-state index in [4.69, 9.17) is 0 Å². The Hall–Kier alpha value is -0.0800. The lowest BCUT2D eigenvalue weighted by molar-refractivity contribution is 0.0322. The van der Waals surface area contributed by atoms with Crippen LogP contribution in [0.3, 0.4) is 0 Å². The van der Waals surface area contributed by atoms with Gasteiger partial charge in [-0.05, 0) is 64.1 Å². The van der Waals surface area contributed by atoms with Crippen LogP contribution in [0.25, 0.3) is 0 Å². The first kappa shape index (κ1) is 14.8. The first-order chi connectivity index (χ1) is 9.85. The number of nitrogens with one attached hydrogen (secondary N) is 1. The average molecular weight is 278 g/mol. The van der Waals surface area contributed by atoms with Crippen LogP contribution in [0.2, 0.25) is 0 Å². The summed E-state index contributed by atoms with van der Waals surface area (Å²) in [6.45, 7) is 6.26. The zero-order valence-electron chi connectivity index (χ0n) is 13.5. The smallest absolute Gasteiger partial charge is 0.0362 e. The third kappa shape index (κ3) is 3.22. The van der Waals surface area contributed by atoms with E-state index in [9.17, 15) is 0 Å². The Labute approximate surface area is 125 Å². The fourth-order valence-electron chi connectivity index (χ4n) is 4.71. The van der Waals surface area contributed by atoms with Crippen molar-refractivity contribution in [1.82, 2.24) is 10.2 Å². The van der Waals surface area contributed by atoms with Crippen LogP contribution in [0.15, 0.2) is 0 Å². The summed E-state index contributed by atoms with van der Waals surface area (Å²) < 4.78 is 0. The molecule has 0 radical (unpaired) electrons. The molecule has 2 saturated carbocycles. The number of likely N-dealkylation sites (tertiary alicyclic amines) is 1. The molecule has 2 heteroatoms. The van der Waals surface area contributed by atoms with Crippen molar-refractivity contribution in [3.05, 3.63) is 0 Å². The highest BCUT2D eigenvalue weighted by atomic mass is 15.2. The van der Waals surface area contributed by atoms with Gasteiger partial charge in [-0.25, -0.2) is 0 Å². The van der Waals surface area contributed by atoms with E-state index in [0.29, 0.717) is 5.54 Å². The highest BCUT2D eigenvalue weighted by Crippen LogP contribution is 2.44. The van der Waals surface area contributed by atoms with Crippen LogP contribution in [0, 0.1) is 5.92 Å². The topological polar surface area (TPSA) is 15.3 Å². The molecule has 20 heavy (non-hydrogen) atoms. The Bertz CT molecular complexity index is 286. The van der Waals surface area contributed by atoms with Gasteiger partial charge in [0.1, 0.15) is 0 Å². The normalized spacial score (nSPS) is 28.6. The second-order valence-corrected chi connectivity index (χ2v) is 7.54. The summed E-state index contributed by atoms with van der Waals surface area (Å²) in [6.07, 6.45) is 15.9. The van der Waals surface area contributed by atoms with E-state index in [1.54, 1.807) is 0 Å². The molecule has 0 aromatic rings. The maximum Gasteiger partial charge on any atom is 0.0362 e. The summed E-state index contributed by atoms with van der Waals surface area (Å²) in [4.78, 5) is 2.92. The Balaban J connectivity index is 1.73. The molecule has 1 aliphatic heterocycles. The Morgan fingerprint density at radius 1 is 1.05 bits per heavy atom. The third-order valence-corrected chi connectivity index (χ3v) is 6.01. The van der Waals surface area contributed by atoms with Crippen LogP contribution in [-0.4, -0.2) is 36.1 Å². The molecule has 0 bridgehead atoms. The number of hydrogen-bond donors (Lipinski definition) is 1. The molecule has 0 aromatic heterocycles. The number of hydrogen-bond acceptors (Lipinski definition) is 2. The van der Waals surface area contributed by atoms with Crippen molar-refractivity contribution >= 4 is 0 Å². The van der Waals surface area contributed by atoms with E-state index < -0.39 is 0 Å². The van der Waals surface area contributed by atoms with Gasteiger partial charge in [0.2, 0.25) is 0 Å². The molecule has 2 nitrogen and oxygen atoms in total. The van der Waals surface area contributed by atoms with Crippen LogP contribution in [0.5, 0.6) is 0 Å². The van der Waals surface area contributed by atoms with Crippen molar-refractivity contribution in [3.8, 4) is 0 Å². The van der Waals surface area contributed by atoms with E-state index >= 15 is 0 Å². The zero-order valence-corrected chi connectivity index (χ0v) is 13.5. The van der Waals surface area contributed by atoms with Gasteiger partial charge in [-0.2, -0.15) is 0 Å². The van der Waals surface area contributed by atoms with Gasteiger partial charge in [-0.1, -0.05) is 39.0 Å². The van der Waals surface area contributed by atoms with E-state index in [1.165, 1.54) is 90.3 Å². The second kappa shape index (κ2) is 6.79. The highest BCUT2D eigenvalue weighted by Gasteiger charge is 2.47. The number of piperidine rings is 1. The minimum absolute atomic E-state index is 0.526. The van der Waals surface area contributed by atoms with Crippen LogP contribution in [-0.2, 0) is 0 Å². The summed E-state index contributed by atoms with van der Waals surface area (Å²) >= 11 is 0. The molecule has 1 unspecified atom stereocenters. The lowest BCUT2D eigenvalue weighted by Gasteiger charge is -2.49. The van der Waals surface area contributed by atoms with E-state index in [0.717, 1.165) is 12.0 Å². The van der Waals surface area contributed by atoms with Crippen molar-refractivity contribution in [2.45, 2.75) is 89.1 Å². The summed E-state index contributed by atoms with van der Waals surface area (Å²) in [5, 5.41) is 3.98. The van der Waals surface area contributed by atoms with Crippen LogP contribution in [0.1, 0.15) is 77.6 Å². The van der Waals surface area contributed by atoms with Crippen LogP contribution >= 0.6 is 0 Å². The quantitative estimate of drug-likeness (QED) is 0.758. The molecule has 2 aliphatic carbocycles. The monoisotopic (exact) mass is 278 g/mol. The van der Waals surface area contributed by atoms with Crippen molar-refractivity contribution in [2.75, 3.05) is 19.6 Å². The molecule has 0 amide bonds. The van der Waals surface area contributed by atoms with Gasteiger partial charge in [0, 0.05) is 11.6 Å². The van der Waals surface area contributed by atoms with Crippen LogP contribution < -0.4 is 5.32 Å². The zero-order chi connectivity index (χ0) is 13.8. The molecule has 0 aromatic carbocycles. The van der Waals surface area contributed by atoms with Gasteiger partial charge in [0.05, 0.1) is 0 Å². The maximum atomic E-state index is 3.98. The van der Waals surface area contributed by atoms with Gasteiger partial charge in [-0.15, -0.1) is 0 Å². The first-order valence-electron chi connectivity index (χ1n) is 9.33. The maximum absolute atomic E-state index is 3.98. The molecule has 3 rings (SSSR count). The van der Waals surface area contributed by atoms with Crippen molar-refractivity contribution < 1.29 is 0 Å². The van der Waals surface area contributed by atoms with Gasteiger partial charge < -0.3 is 5.32 Å². The molecule has 3 aliphatic rings. The lowest BCUT2D eigenvalue weighted by atomic mass is 9.81. The first-order valence-corrected chi connectivity index (χ1v) is 9.33. The molecule has 1 saturated heterocycles. The predicted molar refractivity (Wildman–Crippen MR) is 86.0 cm³/mol. The molecule has 1 N–H and O–H groups in total. The van der Waals surface area contributed by atoms with E-state index in [1.807, 2.05) is 0 Å². The lowest BCUT2D eigenvalue weighted by Crippen LogP contribution is -2.61. The predicted octanol–water partition coefficient (Wildman–Crippen LogP) is 3.95. The molecule has 116 valence electrons. The fourth-order valence-corrected chi connectivity index (χ4v) is 4.71.